The van der Waals surface area contributed by atoms with Crippen LogP contribution in [0.5, 0.6) is 0 Å². The molecule has 1 aromatic heterocycles. The summed E-state index contributed by atoms with van der Waals surface area (Å²) in [7, 11) is 0. The standard InChI is InChI=1S/C13H19N3O/c1-2-12-10-16(7-5-13(12)15-17)9-11-4-3-6-14-8-11/h3-4,6,8,12,17H,2,5,7,9-10H2,1H3/b15-13+. The van der Waals surface area contributed by atoms with Crippen molar-refractivity contribution in [1.29, 1.82) is 0 Å². The summed E-state index contributed by atoms with van der Waals surface area (Å²) < 4.78 is 0. The Hall–Kier alpha value is -1.42. The van der Waals surface area contributed by atoms with Crippen LogP contribution in [0.15, 0.2) is 29.7 Å². The average Bonchev–Trinajstić information content (AvgIpc) is 2.40. The molecule has 0 saturated carbocycles. The molecule has 4 heteroatoms. The topological polar surface area (TPSA) is 48.7 Å². The Balaban J connectivity index is 1.96. The number of hydrogen-bond acceptors (Lipinski definition) is 4. The second-order valence-corrected chi connectivity index (χ2v) is 4.54. The summed E-state index contributed by atoms with van der Waals surface area (Å²) in [5.74, 6) is 0.394. The summed E-state index contributed by atoms with van der Waals surface area (Å²) in [6.45, 7) is 5.02. The van der Waals surface area contributed by atoms with E-state index < -0.39 is 0 Å². The molecule has 4 nitrogen and oxygen atoms in total. The monoisotopic (exact) mass is 233 g/mol. The lowest BCUT2D eigenvalue weighted by Gasteiger charge is -2.32. The lowest BCUT2D eigenvalue weighted by molar-refractivity contribution is 0.220. The molecule has 1 saturated heterocycles. The third-order valence-corrected chi connectivity index (χ3v) is 3.38. The van der Waals surface area contributed by atoms with E-state index in [1.54, 1.807) is 6.20 Å². The normalized spacial score (nSPS) is 24.1. The van der Waals surface area contributed by atoms with Crippen LogP contribution < -0.4 is 0 Å². The Labute approximate surface area is 102 Å². The van der Waals surface area contributed by atoms with Gasteiger partial charge in [0.05, 0.1) is 5.71 Å². The van der Waals surface area contributed by atoms with E-state index in [9.17, 15) is 0 Å². The Bertz CT molecular complexity index is 378. The molecule has 0 aliphatic carbocycles. The molecule has 1 N–H and O–H groups in total. The zero-order valence-corrected chi connectivity index (χ0v) is 10.2. The van der Waals surface area contributed by atoms with E-state index in [0.717, 1.165) is 38.2 Å². The molecular weight excluding hydrogens is 214 g/mol. The van der Waals surface area contributed by atoms with Gasteiger partial charge < -0.3 is 5.21 Å². The molecule has 1 atom stereocenters. The van der Waals surface area contributed by atoms with Gasteiger partial charge in [0.15, 0.2) is 0 Å². The van der Waals surface area contributed by atoms with Gasteiger partial charge in [-0.15, -0.1) is 0 Å². The first-order chi connectivity index (χ1) is 8.33. The highest BCUT2D eigenvalue weighted by Gasteiger charge is 2.24. The fourth-order valence-electron chi connectivity index (χ4n) is 2.37. The lowest BCUT2D eigenvalue weighted by Crippen LogP contribution is -2.40. The minimum atomic E-state index is 0.394. The van der Waals surface area contributed by atoms with E-state index >= 15 is 0 Å². The Morgan fingerprint density at radius 3 is 3.12 bits per heavy atom. The van der Waals surface area contributed by atoms with Crippen molar-refractivity contribution in [3.05, 3.63) is 30.1 Å². The van der Waals surface area contributed by atoms with Crippen LogP contribution >= 0.6 is 0 Å². The molecular formula is C13H19N3O. The van der Waals surface area contributed by atoms with E-state index in [0.29, 0.717) is 5.92 Å². The van der Waals surface area contributed by atoms with Gasteiger partial charge in [-0.05, 0) is 18.1 Å². The van der Waals surface area contributed by atoms with Crippen LogP contribution in [0.3, 0.4) is 0 Å². The van der Waals surface area contributed by atoms with Gasteiger partial charge in [-0.3, -0.25) is 9.88 Å². The van der Waals surface area contributed by atoms with Crippen LogP contribution in [0.1, 0.15) is 25.3 Å². The molecule has 0 amide bonds. The number of oxime groups is 1. The van der Waals surface area contributed by atoms with E-state index in [1.165, 1.54) is 5.56 Å². The minimum absolute atomic E-state index is 0.394. The quantitative estimate of drug-likeness (QED) is 0.643. The summed E-state index contributed by atoms with van der Waals surface area (Å²) in [5, 5.41) is 12.3. The first-order valence-electron chi connectivity index (χ1n) is 6.15. The summed E-state index contributed by atoms with van der Waals surface area (Å²) >= 11 is 0. The predicted molar refractivity (Wildman–Crippen MR) is 67.1 cm³/mol. The van der Waals surface area contributed by atoms with Crippen LogP contribution in [0.25, 0.3) is 0 Å². The Morgan fingerprint density at radius 1 is 1.59 bits per heavy atom. The van der Waals surface area contributed by atoms with E-state index in [-0.39, 0.29) is 0 Å². The van der Waals surface area contributed by atoms with Gasteiger partial charge in [0.1, 0.15) is 0 Å². The number of rotatable bonds is 3. The fraction of sp³-hybridized carbons (Fsp3) is 0.538. The number of pyridine rings is 1. The van der Waals surface area contributed by atoms with Crippen molar-refractivity contribution in [2.24, 2.45) is 11.1 Å². The van der Waals surface area contributed by atoms with Crippen LogP contribution in [0, 0.1) is 5.92 Å². The van der Waals surface area contributed by atoms with Gasteiger partial charge in [0.2, 0.25) is 0 Å². The van der Waals surface area contributed by atoms with Crippen molar-refractivity contribution in [3.8, 4) is 0 Å². The highest BCUT2D eigenvalue weighted by atomic mass is 16.4. The summed E-state index contributed by atoms with van der Waals surface area (Å²) in [5.41, 5.74) is 2.20. The number of likely N-dealkylation sites (tertiary alicyclic amines) is 1. The van der Waals surface area contributed by atoms with Crippen molar-refractivity contribution < 1.29 is 5.21 Å². The summed E-state index contributed by atoms with van der Waals surface area (Å²) in [6, 6.07) is 4.07. The molecule has 17 heavy (non-hydrogen) atoms. The van der Waals surface area contributed by atoms with Crippen molar-refractivity contribution in [1.82, 2.24) is 9.88 Å². The van der Waals surface area contributed by atoms with Crippen molar-refractivity contribution >= 4 is 5.71 Å². The molecule has 1 fully saturated rings. The van der Waals surface area contributed by atoms with E-state index in [1.807, 2.05) is 12.3 Å². The van der Waals surface area contributed by atoms with E-state index in [2.05, 4.69) is 28.0 Å². The smallest absolute Gasteiger partial charge is 0.0627 e. The molecule has 92 valence electrons. The van der Waals surface area contributed by atoms with Gasteiger partial charge >= 0.3 is 0 Å². The molecule has 0 aromatic carbocycles. The molecule has 2 heterocycles. The zero-order chi connectivity index (χ0) is 12.1. The second kappa shape index (κ2) is 5.77. The van der Waals surface area contributed by atoms with Crippen LogP contribution in [0.2, 0.25) is 0 Å². The van der Waals surface area contributed by atoms with Gasteiger partial charge in [-0.2, -0.15) is 0 Å². The maximum absolute atomic E-state index is 8.93. The highest BCUT2D eigenvalue weighted by molar-refractivity contribution is 5.87. The molecule has 1 aliphatic heterocycles. The zero-order valence-electron chi connectivity index (χ0n) is 10.2. The molecule has 2 rings (SSSR count). The number of nitrogens with zero attached hydrogens (tertiary/aromatic N) is 3. The number of piperidine rings is 1. The second-order valence-electron chi connectivity index (χ2n) is 4.54. The van der Waals surface area contributed by atoms with Gasteiger partial charge in [0.25, 0.3) is 0 Å². The third kappa shape index (κ3) is 3.03. The molecule has 0 radical (unpaired) electrons. The number of aromatic nitrogens is 1. The maximum atomic E-state index is 8.93. The van der Waals surface area contributed by atoms with Crippen LogP contribution in [0.4, 0.5) is 0 Å². The Morgan fingerprint density at radius 2 is 2.47 bits per heavy atom. The molecule has 1 aliphatic rings. The average molecular weight is 233 g/mol. The molecule has 0 spiro atoms. The van der Waals surface area contributed by atoms with Crippen molar-refractivity contribution in [2.75, 3.05) is 13.1 Å². The minimum Gasteiger partial charge on any atom is -0.411 e. The van der Waals surface area contributed by atoms with Gasteiger partial charge in [0, 0.05) is 44.4 Å². The predicted octanol–water partition coefficient (Wildman–Crippen LogP) is 2.14. The van der Waals surface area contributed by atoms with Gasteiger partial charge in [-0.1, -0.05) is 18.1 Å². The van der Waals surface area contributed by atoms with Crippen molar-refractivity contribution in [2.45, 2.75) is 26.3 Å². The van der Waals surface area contributed by atoms with E-state index in [4.69, 9.17) is 5.21 Å². The first kappa shape index (κ1) is 12.0. The van der Waals surface area contributed by atoms with Crippen LogP contribution in [-0.2, 0) is 6.54 Å². The highest BCUT2D eigenvalue weighted by Crippen LogP contribution is 2.19. The lowest BCUT2D eigenvalue weighted by atomic mass is 9.93. The van der Waals surface area contributed by atoms with Crippen LogP contribution in [-0.4, -0.2) is 33.9 Å². The fourth-order valence-corrected chi connectivity index (χ4v) is 2.37. The molecule has 1 aromatic rings. The SMILES string of the molecule is CCC1CN(Cc2cccnc2)CC/C1=N\O. The number of hydrogen-bond donors (Lipinski definition) is 1. The molecule has 1 unspecified atom stereocenters. The maximum Gasteiger partial charge on any atom is 0.0627 e. The third-order valence-electron chi connectivity index (χ3n) is 3.38. The van der Waals surface area contributed by atoms with Crippen molar-refractivity contribution in [3.63, 3.8) is 0 Å². The summed E-state index contributed by atoms with van der Waals surface area (Å²) in [6.07, 6.45) is 5.61. The Kier molecular flexibility index (Phi) is 4.09. The molecule has 0 bridgehead atoms. The summed E-state index contributed by atoms with van der Waals surface area (Å²) in [4.78, 5) is 6.53. The first-order valence-corrected chi connectivity index (χ1v) is 6.15. The van der Waals surface area contributed by atoms with Gasteiger partial charge in [-0.25, -0.2) is 0 Å². The largest absolute Gasteiger partial charge is 0.411 e.